The van der Waals surface area contributed by atoms with Crippen LogP contribution in [0, 0.1) is 0 Å². The molecule has 0 aliphatic heterocycles. The van der Waals surface area contributed by atoms with Gasteiger partial charge in [0.05, 0.1) is 11.8 Å². The molecule has 0 spiro atoms. The highest BCUT2D eigenvalue weighted by atomic mass is 16.6. The van der Waals surface area contributed by atoms with Crippen molar-refractivity contribution in [1.82, 2.24) is 5.06 Å². The van der Waals surface area contributed by atoms with Crippen LogP contribution in [0.2, 0.25) is 0 Å². The van der Waals surface area contributed by atoms with Gasteiger partial charge in [-0.1, -0.05) is 41.6 Å². The van der Waals surface area contributed by atoms with E-state index in [1.54, 1.807) is 12.2 Å². The summed E-state index contributed by atoms with van der Waals surface area (Å²) in [5.41, 5.74) is 6.64. The van der Waals surface area contributed by atoms with E-state index in [1.165, 1.54) is 0 Å². The van der Waals surface area contributed by atoms with Gasteiger partial charge < -0.3 is 10.6 Å². The van der Waals surface area contributed by atoms with Crippen molar-refractivity contribution < 1.29 is 14.8 Å². The third-order valence-electron chi connectivity index (χ3n) is 2.72. The fraction of sp³-hybridized carbons (Fsp3) is 0.231. The number of nitrogens with two attached hydrogens (primary N) is 1. The first-order valence-electron chi connectivity index (χ1n) is 5.85. The summed E-state index contributed by atoms with van der Waals surface area (Å²) in [6, 6.07) is 8.30. The Hall–Kier alpha value is -2.34. The molecule has 2 rings (SSSR count). The number of primary amides is 1. The number of carbonyl (C=O) groups is 1. The molecule has 6 heteroatoms. The third-order valence-corrected chi connectivity index (χ3v) is 2.72. The molecule has 1 aromatic rings. The van der Waals surface area contributed by atoms with Gasteiger partial charge in [0, 0.05) is 6.42 Å². The van der Waals surface area contributed by atoms with Crippen molar-refractivity contribution in [3.63, 3.8) is 0 Å². The standard InChI is InChI=1S/C13H15N3O3/c14-13(17)16(18)12-7-6-11(8-12)15-19-9-10-4-2-1-3-5-10/h1-7,12,18H,8-9H2,(H2,14,17)/b15-11+/t12-/m0/s1. The molecule has 1 aromatic carbocycles. The number of carbonyl (C=O) groups excluding carboxylic acids is 1. The highest BCUT2D eigenvalue weighted by Crippen LogP contribution is 2.13. The average molecular weight is 261 g/mol. The van der Waals surface area contributed by atoms with Gasteiger partial charge in [-0.15, -0.1) is 0 Å². The zero-order valence-corrected chi connectivity index (χ0v) is 10.3. The molecule has 6 nitrogen and oxygen atoms in total. The maximum absolute atomic E-state index is 10.8. The number of hydrogen-bond acceptors (Lipinski definition) is 4. The van der Waals surface area contributed by atoms with Crippen molar-refractivity contribution >= 4 is 11.7 Å². The van der Waals surface area contributed by atoms with Crippen molar-refractivity contribution in [3.8, 4) is 0 Å². The monoisotopic (exact) mass is 261 g/mol. The maximum atomic E-state index is 10.8. The lowest BCUT2D eigenvalue weighted by Gasteiger charge is -2.17. The van der Waals surface area contributed by atoms with E-state index < -0.39 is 12.1 Å². The second kappa shape index (κ2) is 6.01. The summed E-state index contributed by atoms with van der Waals surface area (Å²) in [7, 11) is 0. The summed E-state index contributed by atoms with van der Waals surface area (Å²) in [4.78, 5) is 16.0. The lowest BCUT2D eigenvalue weighted by molar-refractivity contribution is -0.0583. The van der Waals surface area contributed by atoms with E-state index in [9.17, 15) is 10.0 Å². The second-order valence-corrected chi connectivity index (χ2v) is 4.16. The third kappa shape index (κ3) is 3.56. The molecule has 2 amide bonds. The van der Waals surface area contributed by atoms with E-state index in [1.807, 2.05) is 30.3 Å². The molecule has 0 bridgehead atoms. The number of oxime groups is 1. The normalized spacial score (nSPS) is 19.6. The fourth-order valence-electron chi connectivity index (χ4n) is 1.74. The first-order valence-corrected chi connectivity index (χ1v) is 5.85. The highest BCUT2D eigenvalue weighted by molar-refractivity contribution is 5.97. The molecule has 1 aliphatic carbocycles. The first-order chi connectivity index (χ1) is 9.16. The van der Waals surface area contributed by atoms with E-state index in [-0.39, 0.29) is 0 Å². The van der Waals surface area contributed by atoms with Crippen molar-refractivity contribution in [2.24, 2.45) is 10.9 Å². The zero-order valence-electron chi connectivity index (χ0n) is 10.3. The molecule has 3 N–H and O–H groups in total. The van der Waals surface area contributed by atoms with Crippen LogP contribution in [0.5, 0.6) is 0 Å². The SMILES string of the molecule is NC(=O)N(O)[C@H]1C=C/C(=N\OCc2ccccc2)C1. The molecule has 100 valence electrons. The molecular formula is C13H15N3O3. The quantitative estimate of drug-likeness (QED) is 0.638. The van der Waals surface area contributed by atoms with Gasteiger partial charge in [0.2, 0.25) is 0 Å². The summed E-state index contributed by atoms with van der Waals surface area (Å²) in [6.45, 7) is 0.376. The van der Waals surface area contributed by atoms with Crippen LogP contribution in [0.25, 0.3) is 0 Å². The van der Waals surface area contributed by atoms with Crippen LogP contribution in [-0.2, 0) is 11.4 Å². The Morgan fingerprint density at radius 3 is 2.89 bits per heavy atom. The van der Waals surface area contributed by atoms with Gasteiger partial charge in [-0.05, 0) is 11.6 Å². The second-order valence-electron chi connectivity index (χ2n) is 4.16. The lowest BCUT2D eigenvalue weighted by atomic mass is 10.2. The van der Waals surface area contributed by atoms with E-state index in [4.69, 9.17) is 10.6 Å². The number of nitrogens with zero attached hydrogens (tertiary/aromatic N) is 2. The predicted octanol–water partition coefficient (Wildman–Crippen LogP) is 1.66. The van der Waals surface area contributed by atoms with Crippen LogP contribution in [0.4, 0.5) is 4.79 Å². The number of allylic oxidation sites excluding steroid dienone is 1. The minimum absolute atomic E-state index is 0.376. The van der Waals surface area contributed by atoms with Crippen molar-refractivity contribution in [3.05, 3.63) is 48.0 Å². The molecule has 19 heavy (non-hydrogen) atoms. The highest BCUT2D eigenvalue weighted by Gasteiger charge is 2.23. The minimum atomic E-state index is -0.888. The number of urea groups is 1. The van der Waals surface area contributed by atoms with Crippen molar-refractivity contribution in [2.45, 2.75) is 19.1 Å². The molecule has 0 heterocycles. The van der Waals surface area contributed by atoms with Crippen molar-refractivity contribution in [2.75, 3.05) is 0 Å². The van der Waals surface area contributed by atoms with Crippen LogP contribution in [0.1, 0.15) is 12.0 Å². The number of hydrogen-bond donors (Lipinski definition) is 2. The van der Waals surface area contributed by atoms with E-state index in [0.717, 1.165) is 5.56 Å². The fourth-order valence-corrected chi connectivity index (χ4v) is 1.74. The molecular weight excluding hydrogens is 246 g/mol. The van der Waals surface area contributed by atoms with Gasteiger partial charge in [-0.3, -0.25) is 5.21 Å². The topological polar surface area (TPSA) is 88.2 Å². The molecule has 0 saturated heterocycles. The van der Waals surface area contributed by atoms with E-state index in [2.05, 4.69) is 5.16 Å². The Morgan fingerprint density at radius 2 is 2.21 bits per heavy atom. The van der Waals surface area contributed by atoms with Gasteiger partial charge in [-0.25, -0.2) is 4.79 Å². The first kappa shape index (κ1) is 13.1. The van der Waals surface area contributed by atoms with Crippen molar-refractivity contribution in [1.29, 1.82) is 0 Å². The number of amides is 2. The maximum Gasteiger partial charge on any atom is 0.339 e. The zero-order chi connectivity index (χ0) is 13.7. The van der Waals surface area contributed by atoms with Gasteiger partial charge in [0.25, 0.3) is 0 Å². The number of hydroxylamine groups is 2. The largest absolute Gasteiger partial charge is 0.391 e. The Balaban J connectivity index is 1.83. The molecule has 0 aromatic heterocycles. The Morgan fingerprint density at radius 1 is 1.47 bits per heavy atom. The van der Waals surface area contributed by atoms with Crippen LogP contribution < -0.4 is 5.73 Å². The summed E-state index contributed by atoms with van der Waals surface area (Å²) < 4.78 is 0. The molecule has 0 saturated carbocycles. The Kier molecular flexibility index (Phi) is 4.15. The number of rotatable bonds is 4. The average Bonchev–Trinajstić information content (AvgIpc) is 2.88. The molecule has 0 radical (unpaired) electrons. The number of benzene rings is 1. The summed E-state index contributed by atoms with van der Waals surface area (Å²) >= 11 is 0. The minimum Gasteiger partial charge on any atom is -0.391 e. The van der Waals surface area contributed by atoms with Gasteiger partial charge >= 0.3 is 6.03 Å². The van der Waals surface area contributed by atoms with Crippen LogP contribution in [0.15, 0.2) is 47.6 Å². The van der Waals surface area contributed by atoms with Gasteiger partial charge in [-0.2, -0.15) is 5.06 Å². The van der Waals surface area contributed by atoms with E-state index in [0.29, 0.717) is 23.8 Å². The van der Waals surface area contributed by atoms with Gasteiger partial charge in [0.15, 0.2) is 0 Å². The van der Waals surface area contributed by atoms with Crippen LogP contribution >= 0.6 is 0 Å². The summed E-state index contributed by atoms with van der Waals surface area (Å²) in [5.74, 6) is 0. The molecule has 0 unspecified atom stereocenters. The Bertz CT molecular complexity index is 499. The summed E-state index contributed by atoms with van der Waals surface area (Å²) in [6.07, 6.45) is 3.73. The smallest absolute Gasteiger partial charge is 0.339 e. The molecule has 1 atom stereocenters. The van der Waals surface area contributed by atoms with E-state index >= 15 is 0 Å². The predicted molar refractivity (Wildman–Crippen MR) is 69.4 cm³/mol. The molecule has 0 fully saturated rings. The van der Waals surface area contributed by atoms with Crippen LogP contribution in [0.3, 0.4) is 0 Å². The summed E-state index contributed by atoms with van der Waals surface area (Å²) in [5, 5.41) is 13.8. The molecule has 1 aliphatic rings. The van der Waals surface area contributed by atoms with Gasteiger partial charge in [0.1, 0.15) is 6.61 Å². The lowest BCUT2D eigenvalue weighted by Crippen LogP contribution is -2.39. The van der Waals surface area contributed by atoms with Crippen LogP contribution in [-0.4, -0.2) is 28.1 Å². The Labute approximate surface area is 110 Å².